The highest BCUT2D eigenvalue weighted by Crippen LogP contribution is 2.20. The molecule has 1 aromatic rings. The molecule has 0 atom stereocenters. The number of anilines is 1. The zero-order valence-corrected chi connectivity index (χ0v) is 15.7. The highest BCUT2D eigenvalue weighted by atomic mass is 16.2. The van der Waals surface area contributed by atoms with Crippen LogP contribution in [0.15, 0.2) is 24.3 Å². The summed E-state index contributed by atoms with van der Waals surface area (Å²) in [5.41, 5.74) is 1.10. The van der Waals surface area contributed by atoms with Crippen molar-refractivity contribution in [1.82, 2.24) is 15.1 Å². The van der Waals surface area contributed by atoms with Gasteiger partial charge >= 0.3 is 0 Å². The van der Waals surface area contributed by atoms with Gasteiger partial charge in [-0.05, 0) is 51.9 Å². The van der Waals surface area contributed by atoms with Crippen LogP contribution in [0.25, 0.3) is 0 Å². The lowest BCUT2D eigenvalue weighted by Crippen LogP contribution is -2.41. The van der Waals surface area contributed by atoms with Gasteiger partial charge in [0, 0.05) is 30.4 Å². The van der Waals surface area contributed by atoms with Gasteiger partial charge in [-0.15, -0.1) is 0 Å². The first-order chi connectivity index (χ1) is 12.4. The second-order valence-electron chi connectivity index (χ2n) is 6.62. The van der Waals surface area contributed by atoms with Crippen LogP contribution < -0.4 is 10.6 Å². The molecule has 0 bridgehead atoms. The van der Waals surface area contributed by atoms with E-state index >= 15 is 0 Å². The molecule has 0 aromatic heterocycles. The topological polar surface area (TPSA) is 81.8 Å². The Morgan fingerprint density at radius 3 is 2.42 bits per heavy atom. The molecule has 1 aliphatic carbocycles. The molecule has 0 aliphatic heterocycles. The Hall–Kier alpha value is -2.41. The number of rotatable bonds is 9. The van der Waals surface area contributed by atoms with Gasteiger partial charge in [0.1, 0.15) is 0 Å². The Labute approximate surface area is 154 Å². The second-order valence-corrected chi connectivity index (χ2v) is 6.62. The maximum Gasteiger partial charge on any atom is 0.251 e. The van der Waals surface area contributed by atoms with E-state index in [1.165, 1.54) is 0 Å². The lowest BCUT2D eigenvalue weighted by molar-refractivity contribution is -0.132. The lowest BCUT2D eigenvalue weighted by Gasteiger charge is -2.22. The summed E-state index contributed by atoms with van der Waals surface area (Å²) in [6, 6.07) is 7.16. The number of benzene rings is 1. The van der Waals surface area contributed by atoms with Gasteiger partial charge in [0.05, 0.1) is 13.1 Å². The van der Waals surface area contributed by atoms with Gasteiger partial charge in [-0.2, -0.15) is 0 Å². The van der Waals surface area contributed by atoms with E-state index in [1.807, 2.05) is 13.8 Å². The summed E-state index contributed by atoms with van der Waals surface area (Å²) in [6.45, 7) is 5.47. The molecule has 1 fully saturated rings. The van der Waals surface area contributed by atoms with Crippen molar-refractivity contribution in [2.45, 2.75) is 32.7 Å². The van der Waals surface area contributed by atoms with Crippen LogP contribution in [-0.2, 0) is 9.59 Å². The lowest BCUT2D eigenvalue weighted by atomic mass is 10.2. The molecule has 7 heteroatoms. The van der Waals surface area contributed by atoms with Crippen LogP contribution in [0.2, 0.25) is 0 Å². The summed E-state index contributed by atoms with van der Waals surface area (Å²) in [7, 11) is 1.74. The molecule has 0 spiro atoms. The minimum Gasteiger partial charge on any atom is -0.349 e. The standard InChI is InChI=1S/C19H28N4O3/c1-4-23(5-2)18(25)13-22(3)12-17(24)20-16-8-6-7-14(11-16)19(26)21-15-9-10-15/h6-8,11,15H,4-5,9-10,12-13H2,1-3H3,(H,20,24)(H,21,26). The first-order valence-corrected chi connectivity index (χ1v) is 9.10. The molecule has 1 aliphatic rings. The van der Waals surface area contributed by atoms with Crippen molar-refractivity contribution in [2.75, 3.05) is 38.5 Å². The zero-order valence-electron chi connectivity index (χ0n) is 15.7. The highest BCUT2D eigenvalue weighted by molar-refractivity contribution is 5.97. The van der Waals surface area contributed by atoms with Crippen molar-refractivity contribution >= 4 is 23.4 Å². The Bertz CT molecular complexity index is 654. The van der Waals surface area contributed by atoms with Crippen molar-refractivity contribution in [1.29, 1.82) is 0 Å². The molecule has 26 heavy (non-hydrogen) atoms. The third kappa shape index (κ3) is 6.15. The van der Waals surface area contributed by atoms with Crippen LogP contribution in [-0.4, -0.2) is 66.8 Å². The second kappa shape index (κ2) is 9.33. The molecule has 1 saturated carbocycles. The van der Waals surface area contributed by atoms with Crippen LogP contribution in [0, 0.1) is 0 Å². The minimum absolute atomic E-state index is 0.00374. The van der Waals surface area contributed by atoms with Crippen molar-refractivity contribution in [3.8, 4) is 0 Å². The summed E-state index contributed by atoms with van der Waals surface area (Å²) in [6.07, 6.45) is 2.06. The van der Waals surface area contributed by atoms with E-state index in [2.05, 4.69) is 10.6 Å². The van der Waals surface area contributed by atoms with Crippen LogP contribution in [0.1, 0.15) is 37.0 Å². The smallest absolute Gasteiger partial charge is 0.251 e. The van der Waals surface area contributed by atoms with Crippen molar-refractivity contribution in [3.05, 3.63) is 29.8 Å². The highest BCUT2D eigenvalue weighted by Gasteiger charge is 2.23. The number of amides is 3. The monoisotopic (exact) mass is 360 g/mol. The maximum absolute atomic E-state index is 12.2. The van der Waals surface area contributed by atoms with Gasteiger partial charge in [-0.3, -0.25) is 19.3 Å². The Kier molecular flexibility index (Phi) is 7.15. The van der Waals surface area contributed by atoms with Gasteiger partial charge < -0.3 is 15.5 Å². The number of carbonyl (C=O) groups excluding carboxylic acids is 3. The average Bonchev–Trinajstić information content (AvgIpc) is 3.39. The third-order valence-corrected chi connectivity index (χ3v) is 4.26. The van der Waals surface area contributed by atoms with E-state index < -0.39 is 0 Å². The zero-order chi connectivity index (χ0) is 19.1. The number of carbonyl (C=O) groups is 3. The molecule has 7 nitrogen and oxygen atoms in total. The van der Waals surface area contributed by atoms with Gasteiger partial charge in [-0.1, -0.05) is 6.07 Å². The van der Waals surface area contributed by atoms with Crippen LogP contribution in [0.4, 0.5) is 5.69 Å². The van der Waals surface area contributed by atoms with Crippen molar-refractivity contribution < 1.29 is 14.4 Å². The van der Waals surface area contributed by atoms with E-state index in [-0.39, 0.29) is 36.9 Å². The van der Waals surface area contributed by atoms with Gasteiger partial charge in [0.15, 0.2) is 0 Å². The molecular weight excluding hydrogens is 332 g/mol. The Morgan fingerprint density at radius 1 is 1.12 bits per heavy atom. The van der Waals surface area contributed by atoms with Crippen molar-refractivity contribution in [2.24, 2.45) is 0 Å². The molecule has 0 heterocycles. The third-order valence-electron chi connectivity index (χ3n) is 4.26. The number of likely N-dealkylation sites (N-methyl/N-ethyl adjacent to an activating group) is 2. The van der Waals surface area contributed by atoms with E-state index in [4.69, 9.17) is 0 Å². The Balaban J connectivity index is 1.84. The average molecular weight is 360 g/mol. The first kappa shape index (κ1) is 19.9. The van der Waals surface area contributed by atoms with E-state index in [1.54, 1.807) is 41.1 Å². The predicted molar refractivity (Wildman–Crippen MR) is 101 cm³/mol. The number of hydrogen-bond donors (Lipinski definition) is 2. The molecule has 0 saturated heterocycles. The quantitative estimate of drug-likeness (QED) is 0.696. The summed E-state index contributed by atoms with van der Waals surface area (Å²) in [5.74, 6) is -0.339. The Morgan fingerprint density at radius 2 is 1.81 bits per heavy atom. The maximum atomic E-state index is 12.2. The SMILES string of the molecule is CCN(CC)C(=O)CN(C)CC(=O)Nc1cccc(C(=O)NC2CC2)c1. The summed E-state index contributed by atoms with van der Waals surface area (Å²) in [4.78, 5) is 39.8. The number of nitrogens with one attached hydrogen (secondary N) is 2. The molecule has 1 aromatic carbocycles. The van der Waals surface area contributed by atoms with Crippen LogP contribution >= 0.6 is 0 Å². The largest absolute Gasteiger partial charge is 0.349 e. The molecule has 3 amide bonds. The molecule has 2 N–H and O–H groups in total. The van der Waals surface area contributed by atoms with E-state index in [9.17, 15) is 14.4 Å². The van der Waals surface area contributed by atoms with Crippen molar-refractivity contribution in [3.63, 3.8) is 0 Å². The normalized spacial score (nSPS) is 13.4. The fourth-order valence-corrected chi connectivity index (χ4v) is 2.64. The summed E-state index contributed by atoms with van der Waals surface area (Å²) in [5, 5.41) is 5.71. The van der Waals surface area contributed by atoms with Gasteiger partial charge in [0.2, 0.25) is 11.8 Å². The number of hydrogen-bond acceptors (Lipinski definition) is 4. The predicted octanol–water partition coefficient (Wildman–Crippen LogP) is 1.32. The molecular formula is C19H28N4O3. The molecule has 142 valence electrons. The van der Waals surface area contributed by atoms with E-state index in [0.717, 1.165) is 12.8 Å². The van der Waals surface area contributed by atoms with Gasteiger partial charge in [-0.25, -0.2) is 0 Å². The summed E-state index contributed by atoms with van der Waals surface area (Å²) < 4.78 is 0. The van der Waals surface area contributed by atoms with Gasteiger partial charge in [0.25, 0.3) is 5.91 Å². The number of nitrogens with zero attached hydrogens (tertiary/aromatic N) is 2. The van der Waals surface area contributed by atoms with Crippen LogP contribution in [0.3, 0.4) is 0 Å². The fraction of sp³-hybridized carbons (Fsp3) is 0.526. The minimum atomic E-state index is -0.223. The summed E-state index contributed by atoms with van der Waals surface area (Å²) >= 11 is 0. The molecule has 2 rings (SSSR count). The fourth-order valence-electron chi connectivity index (χ4n) is 2.64. The molecule has 0 radical (unpaired) electrons. The molecule has 0 unspecified atom stereocenters. The van der Waals surface area contributed by atoms with Crippen LogP contribution in [0.5, 0.6) is 0 Å². The van der Waals surface area contributed by atoms with E-state index in [0.29, 0.717) is 24.3 Å². The first-order valence-electron chi connectivity index (χ1n) is 9.10.